The van der Waals surface area contributed by atoms with Crippen molar-refractivity contribution in [2.75, 3.05) is 25.3 Å². The number of hydrogen-bond donors (Lipinski definition) is 1. The number of anilines is 1. The second kappa shape index (κ2) is 12.8. The van der Waals surface area contributed by atoms with Gasteiger partial charge in [-0.15, -0.1) is 34.4 Å². The smallest absolute Gasteiger partial charge is 0.226 e. The van der Waals surface area contributed by atoms with Crippen molar-refractivity contribution in [2.45, 2.75) is 11.4 Å². The fourth-order valence-corrected chi connectivity index (χ4v) is 6.52. The molecule has 10 heteroatoms. The van der Waals surface area contributed by atoms with Crippen molar-refractivity contribution in [1.29, 1.82) is 5.26 Å². The minimum absolute atomic E-state index is 0.146. The molecule has 5 aromatic rings. The lowest BCUT2D eigenvalue weighted by Crippen LogP contribution is -2.12. The third kappa shape index (κ3) is 6.02. The highest BCUT2D eigenvalue weighted by molar-refractivity contribution is 7.99. The van der Waals surface area contributed by atoms with Crippen LogP contribution in [-0.2, 0) is 4.79 Å². The first-order valence-electron chi connectivity index (χ1n) is 12.2. The van der Waals surface area contributed by atoms with Crippen LogP contribution in [0.3, 0.4) is 0 Å². The van der Waals surface area contributed by atoms with Crippen LogP contribution in [0.15, 0.2) is 82.5 Å². The number of benzene rings is 2. The largest absolute Gasteiger partial charge is 0.493 e. The summed E-state index contributed by atoms with van der Waals surface area (Å²) in [6, 6.07) is 23.6. The van der Waals surface area contributed by atoms with Gasteiger partial charge in [-0.1, -0.05) is 48.5 Å². The summed E-state index contributed by atoms with van der Waals surface area (Å²) in [4.78, 5) is 23.1. The zero-order valence-electron chi connectivity index (χ0n) is 21.7. The van der Waals surface area contributed by atoms with E-state index in [9.17, 15) is 10.1 Å². The normalized spacial score (nSPS) is 10.6. The molecule has 0 unspecified atom stereocenters. The number of methoxy groups -OCH3 is 2. The summed E-state index contributed by atoms with van der Waals surface area (Å²) in [7, 11) is 3.16. The molecule has 5 rings (SSSR count). The van der Waals surface area contributed by atoms with Gasteiger partial charge in [0.05, 0.1) is 36.0 Å². The van der Waals surface area contributed by atoms with Crippen molar-refractivity contribution >= 4 is 45.5 Å². The topological polar surface area (TPSA) is 97.1 Å². The van der Waals surface area contributed by atoms with Crippen molar-refractivity contribution < 1.29 is 14.3 Å². The molecule has 200 valence electrons. The molecular weight excluding hydrogens is 561 g/mol. The highest BCUT2D eigenvalue weighted by Crippen LogP contribution is 2.42. The lowest BCUT2D eigenvalue weighted by atomic mass is 9.98. The summed E-state index contributed by atoms with van der Waals surface area (Å²) in [6.07, 6.45) is 0.235. The van der Waals surface area contributed by atoms with Gasteiger partial charge in [0.1, 0.15) is 11.1 Å². The van der Waals surface area contributed by atoms with Crippen LogP contribution in [0.25, 0.3) is 33.0 Å². The second-order valence-electron chi connectivity index (χ2n) is 8.42. The first kappa shape index (κ1) is 27.4. The van der Waals surface area contributed by atoms with Crippen LogP contribution in [0.2, 0.25) is 0 Å². The number of rotatable bonds is 10. The number of thiophene rings is 1. The Morgan fingerprint density at radius 3 is 2.55 bits per heavy atom. The molecule has 0 saturated heterocycles. The summed E-state index contributed by atoms with van der Waals surface area (Å²) >= 11 is 4.38. The number of carbonyl (C=O) groups excluding carboxylic acids is 1. The Balaban J connectivity index is 1.40. The van der Waals surface area contributed by atoms with Gasteiger partial charge in [0, 0.05) is 34.2 Å². The monoisotopic (exact) mass is 584 g/mol. The number of nitriles is 1. The average molecular weight is 585 g/mol. The minimum atomic E-state index is -0.146. The number of pyridine rings is 1. The first-order chi connectivity index (χ1) is 19.6. The van der Waals surface area contributed by atoms with E-state index >= 15 is 0 Å². The minimum Gasteiger partial charge on any atom is -0.493 e. The zero-order valence-corrected chi connectivity index (χ0v) is 24.2. The van der Waals surface area contributed by atoms with Gasteiger partial charge in [-0.3, -0.25) is 4.79 Å². The van der Waals surface area contributed by atoms with Crippen LogP contribution in [0, 0.1) is 11.3 Å². The Morgan fingerprint density at radius 2 is 1.82 bits per heavy atom. The average Bonchev–Trinajstić information content (AvgIpc) is 3.69. The summed E-state index contributed by atoms with van der Waals surface area (Å²) in [6.45, 7) is 0. The van der Waals surface area contributed by atoms with Gasteiger partial charge >= 0.3 is 0 Å². The predicted molar refractivity (Wildman–Crippen MR) is 162 cm³/mol. The molecule has 3 aromatic heterocycles. The molecule has 0 spiro atoms. The van der Waals surface area contributed by atoms with E-state index in [1.54, 1.807) is 25.6 Å². The molecule has 7 nitrogen and oxygen atoms in total. The number of aromatic nitrogens is 2. The number of ether oxygens (including phenoxy) is 2. The van der Waals surface area contributed by atoms with Crippen LogP contribution in [0.1, 0.15) is 12.0 Å². The molecule has 3 heterocycles. The Hall–Kier alpha value is -4.17. The van der Waals surface area contributed by atoms with E-state index in [2.05, 4.69) is 16.4 Å². The predicted octanol–water partition coefficient (Wildman–Crippen LogP) is 7.61. The third-order valence-corrected chi connectivity index (χ3v) is 8.58. The van der Waals surface area contributed by atoms with Gasteiger partial charge in [0.25, 0.3) is 0 Å². The maximum absolute atomic E-state index is 12.7. The molecule has 0 radical (unpaired) electrons. The molecule has 2 aromatic carbocycles. The van der Waals surface area contributed by atoms with Crippen LogP contribution in [0.4, 0.5) is 5.13 Å². The molecule has 0 aliphatic rings. The number of amides is 1. The Bertz CT molecular complexity index is 1660. The quantitative estimate of drug-likeness (QED) is 0.169. The lowest BCUT2D eigenvalue weighted by molar-refractivity contribution is -0.115. The summed E-state index contributed by atoms with van der Waals surface area (Å²) in [5, 5.41) is 18.2. The van der Waals surface area contributed by atoms with E-state index in [0.717, 1.165) is 27.4 Å². The van der Waals surface area contributed by atoms with Gasteiger partial charge < -0.3 is 14.8 Å². The molecule has 1 N–H and O–H groups in total. The standard InChI is InChI=1S/C30H24N4O3S3/c1-36-25-11-6-10-20(28(25)37-2)21-16-23(19-8-4-3-5-9-19)32-29(22(21)17-31)39-15-13-27(35)34-30-33-24(18-40-30)26-12-7-14-38-26/h3-12,14,16,18H,13,15H2,1-2H3,(H,33,34,35). The lowest BCUT2D eigenvalue weighted by Gasteiger charge is -2.16. The Kier molecular flexibility index (Phi) is 8.76. The molecule has 0 saturated carbocycles. The molecule has 0 bridgehead atoms. The van der Waals surface area contributed by atoms with Gasteiger partial charge in [0.2, 0.25) is 5.91 Å². The van der Waals surface area contributed by atoms with E-state index in [-0.39, 0.29) is 12.3 Å². The van der Waals surface area contributed by atoms with E-state index in [1.807, 2.05) is 77.5 Å². The van der Waals surface area contributed by atoms with E-state index in [1.165, 1.54) is 23.1 Å². The fourth-order valence-electron chi connectivity index (χ4n) is 4.09. The van der Waals surface area contributed by atoms with Crippen LogP contribution >= 0.6 is 34.4 Å². The summed E-state index contributed by atoms with van der Waals surface area (Å²) < 4.78 is 11.2. The maximum atomic E-state index is 12.7. The summed E-state index contributed by atoms with van der Waals surface area (Å²) in [5.41, 5.74) is 4.31. The molecule has 0 aliphatic carbocycles. The van der Waals surface area contributed by atoms with Crippen molar-refractivity contribution in [3.05, 3.63) is 83.1 Å². The van der Waals surface area contributed by atoms with Gasteiger partial charge in [0.15, 0.2) is 16.6 Å². The Morgan fingerprint density at radius 1 is 0.975 bits per heavy atom. The van der Waals surface area contributed by atoms with Crippen LogP contribution in [-0.4, -0.2) is 35.8 Å². The summed E-state index contributed by atoms with van der Waals surface area (Å²) in [5.74, 6) is 1.39. The fraction of sp³-hybridized carbons (Fsp3) is 0.133. The van der Waals surface area contributed by atoms with E-state index in [0.29, 0.717) is 38.5 Å². The number of nitrogens with one attached hydrogen (secondary N) is 1. The van der Waals surface area contributed by atoms with Crippen LogP contribution in [0.5, 0.6) is 11.5 Å². The van der Waals surface area contributed by atoms with Crippen molar-refractivity contribution in [1.82, 2.24) is 9.97 Å². The number of para-hydroxylation sites is 1. The third-order valence-electron chi connectivity index (χ3n) is 5.95. The molecule has 1 amide bonds. The second-order valence-corrected chi connectivity index (χ2v) is 11.3. The van der Waals surface area contributed by atoms with Gasteiger partial charge in [-0.05, 0) is 23.6 Å². The Labute approximate surface area is 244 Å². The van der Waals surface area contributed by atoms with E-state index in [4.69, 9.17) is 14.5 Å². The molecule has 40 heavy (non-hydrogen) atoms. The van der Waals surface area contributed by atoms with Crippen molar-refractivity contribution in [3.63, 3.8) is 0 Å². The maximum Gasteiger partial charge on any atom is 0.226 e. The highest BCUT2D eigenvalue weighted by Gasteiger charge is 2.20. The zero-order chi connectivity index (χ0) is 27.9. The van der Waals surface area contributed by atoms with Crippen molar-refractivity contribution in [3.8, 4) is 50.5 Å². The SMILES string of the molecule is COc1cccc(-c2cc(-c3ccccc3)nc(SCCC(=O)Nc3nc(-c4cccs4)cs3)c2C#N)c1OC. The molecular formula is C30H24N4O3S3. The number of thiazole rings is 1. The van der Waals surface area contributed by atoms with Gasteiger partial charge in [-0.25, -0.2) is 9.97 Å². The van der Waals surface area contributed by atoms with Gasteiger partial charge in [-0.2, -0.15) is 5.26 Å². The molecule has 0 fully saturated rings. The molecule has 0 aliphatic heterocycles. The number of carbonyl (C=O) groups is 1. The molecule has 0 atom stereocenters. The van der Waals surface area contributed by atoms with E-state index < -0.39 is 0 Å². The number of nitrogens with zero attached hydrogens (tertiary/aromatic N) is 3. The first-order valence-corrected chi connectivity index (χ1v) is 15.0. The highest BCUT2D eigenvalue weighted by atomic mass is 32.2. The number of thioether (sulfide) groups is 1. The van der Waals surface area contributed by atoms with Crippen molar-refractivity contribution in [2.24, 2.45) is 0 Å². The van der Waals surface area contributed by atoms with Crippen LogP contribution < -0.4 is 14.8 Å². The number of hydrogen-bond acceptors (Lipinski definition) is 9.